The summed E-state index contributed by atoms with van der Waals surface area (Å²) < 4.78 is 0. The lowest BCUT2D eigenvalue weighted by Gasteiger charge is -2.31. The maximum atomic E-state index is 4.57. The van der Waals surface area contributed by atoms with Gasteiger partial charge in [-0.2, -0.15) is 10.2 Å². The monoisotopic (exact) mass is 275 g/mol. The van der Waals surface area contributed by atoms with Gasteiger partial charge in [-0.25, -0.2) is 5.01 Å². The van der Waals surface area contributed by atoms with Gasteiger partial charge in [0.2, 0.25) is 0 Å². The average Bonchev–Trinajstić information content (AvgIpc) is 2.81. The Morgan fingerprint density at radius 1 is 1.00 bits per heavy atom. The lowest BCUT2D eigenvalue weighted by Crippen LogP contribution is -2.32. The Kier molecular flexibility index (Phi) is 2.61. The molecular formula is C18H17N3. The zero-order valence-corrected chi connectivity index (χ0v) is 12.2. The van der Waals surface area contributed by atoms with Crippen molar-refractivity contribution < 1.29 is 0 Å². The molecule has 0 bridgehead atoms. The van der Waals surface area contributed by atoms with Crippen LogP contribution in [-0.2, 0) is 0 Å². The molecule has 2 aromatic rings. The summed E-state index contributed by atoms with van der Waals surface area (Å²) in [4.78, 5) is 0. The predicted molar refractivity (Wildman–Crippen MR) is 86.7 cm³/mol. The fraction of sp³-hybridized carbons (Fsp3) is 0.167. The number of hydrazone groups is 1. The minimum absolute atomic E-state index is 0.187. The van der Waals surface area contributed by atoms with E-state index in [4.69, 9.17) is 0 Å². The maximum Gasteiger partial charge on any atom is 0.115 e. The predicted octanol–water partition coefficient (Wildman–Crippen LogP) is 4.27. The van der Waals surface area contributed by atoms with Crippen molar-refractivity contribution in [2.75, 3.05) is 5.01 Å². The Morgan fingerprint density at radius 3 is 2.57 bits per heavy atom. The van der Waals surface area contributed by atoms with E-state index < -0.39 is 0 Å². The van der Waals surface area contributed by atoms with Gasteiger partial charge in [0.15, 0.2) is 0 Å². The third-order valence-electron chi connectivity index (χ3n) is 3.95. The number of hydrogen-bond acceptors (Lipinski definition) is 3. The summed E-state index contributed by atoms with van der Waals surface area (Å²) in [6.45, 7) is 4.27. The smallest absolute Gasteiger partial charge is 0.115 e. The Morgan fingerprint density at radius 2 is 1.76 bits per heavy atom. The number of anilines is 2. The normalized spacial score (nSPS) is 18.9. The van der Waals surface area contributed by atoms with Gasteiger partial charge in [0.25, 0.3) is 0 Å². The van der Waals surface area contributed by atoms with E-state index in [2.05, 4.69) is 77.6 Å². The number of fused-ring (bicyclic) bond motifs is 3. The highest BCUT2D eigenvalue weighted by Gasteiger charge is 2.36. The van der Waals surface area contributed by atoms with Gasteiger partial charge >= 0.3 is 0 Å². The molecule has 3 nitrogen and oxygen atoms in total. The van der Waals surface area contributed by atoms with E-state index in [-0.39, 0.29) is 6.04 Å². The minimum atomic E-state index is 0.187. The topological polar surface area (TPSA) is 18.8 Å². The zero-order valence-electron chi connectivity index (χ0n) is 12.2. The first-order valence-corrected chi connectivity index (χ1v) is 7.21. The molecule has 1 unspecified atom stereocenters. The van der Waals surface area contributed by atoms with E-state index in [1.165, 1.54) is 22.4 Å². The molecule has 0 fully saturated rings. The summed E-state index contributed by atoms with van der Waals surface area (Å²) in [5.41, 5.74) is 6.20. The molecule has 0 aromatic heterocycles. The van der Waals surface area contributed by atoms with E-state index in [9.17, 15) is 0 Å². The second-order valence-electron chi connectivity index (χ2n) is 5.63. The lowest BCUT2D eigenvalue weighted by atomic mass is 10.1. The Hall–Kier alpha value is -2.55. The highest BCUT2D eigenvalue weighted by Crippen LogP contribution is 2.45. The van der Waals surface area contributed by atoms with Crippen molar-refractivity contribution in [3.05, 3.63) is 71.3 Å². The lowest BCUT2D eigenvalue weighted by molar-refractivity contribution is 0.269. The summed E-state index contributed by atoms with van der Waals surface area (Å²) in [5, 5.41) is 8.83. The molecular weight excluding hydrogens is 258 g/mol. The molecule has 0 spiro atoms. The summed E-state index contributed by atoms with van der Waals surface area (Å²) in [6.07, 6.45) is 6.05. The van der Waals surface area contributed by atoms with Crippen LogP contribution >= 0.6 is 0 Å². The molecule has 2 heterocycles. The quantitative estimate of drug-likeness (QED) is 0.774. The summed E-state index contributed by atoms with van der Waals surface area (Å²) >= 11 is 0. The van der Waals surface area contributed by atoms with Gasteiger partial charge in [-0.1, -0.05) is 30.3 Å². The summed E-state index contributed by atoms with van der Waals surface area (Å²) in [5.74, 6) is 0. The molecule has 4 rings (SSSR count). The first kappa shape index (κ1) is 12.2. The van der Waals surface area contributed by atoms with Crippen LogP contribution in [0.25, 0.3) is 0 Å². The second kappa shape index (κ2) is 4.48. The van der Waals surface area contributed by atoms with Crippen LogP contribution in [0.4, 0.5) is 11.4 Å². The van der Waals surface area contributed by atoms with Crippen LogP contribution < -0.4 is 5.01 Å². The van der Waals surface area contributed by atoms with Gasteiger partial charge in [-0.05, 0) is 49.2 Å². The molecule has 0 amide bonds. The highest BCUT2D eigenvalue weighted by molar-refractivity contribution is 5.76. The molecule has 0 aliphatic carbocycles. The van der Waals surface area contributed by atoms with Crippen molar-refractivity contribution >= 4 is 17.6 Å². The molecule has 104 valence electrons. The van der Waals surface area contributed by atoms with E-state index in [1.807, 2.05) is 12.3 Å². The Labute approximate surface area is 124 Å². The van der Waals surface area contributed by atoms with E-state index >= 15 is 0 Å². The molecule has 0 saturated carbocycles. The number of hydrazine groups is 1. The summed E-state index contributed by atoms with van der Waals surface area (Å²) in [6, 6.07) is 15.3. The Balaban J connectivity index is 1.91. The number of aryl methyl sites for hydroxylation is 2. The van der Waals surface area contributed by atoms with Gasteiger partial charge in [-0.3, -0.25) is 0 Å². The second-order valence-corrected chi connectivity index (χ2v) is 5.63. The molecule has 21 heavy (non-hydrogen) atoms. The van der Waals surface area contributed by atoms with Crippen molar-refractivity contribution in [1.29, 1.82) is 0 Å². The average molecular weight is 275 g/mol. The van der Waals surface area contributed by atoms with Gasteiger partial charge < -0.3 is 0 Å². The van der Waals surface area contributed by atoms with Crippen LogP contribution in [0.15, 0.2) is 59.7 Å². The zero-order chi connectivity index (χ0) is 14.4. The van der Waals surface area contributed by atoms with E-state index in [0.717, 1.165) is 5.69 Å². The standard InChI is InChI=1S/C18H17N3/c1-13-10-14(2)12-15(11-13)20-17-7-4-3-6-16(17)18-8-5-9-19-21(18)20/h3-12,18H,1-2H3. The molecule has 2 aromatic carbocycles. The molecule has 0 N–H and O–H groups in total. The molecule has 2 aliphatic heterocycles. The first-order valence-electron chi connectivity index (χ1n) is 7.21. The maximum absolute atomic E-state index is 4.57. The van der Waals surface area contributed by atoms with E-state index in [1.54, 1.807) is 0 Å². The van der Waals surface area contributed by atoms with Crippen LogP contribution in [0.5, 0.6) is 0 Å². The van der Waals surface area contributed by atoms with Gasteiger partial charge in [-0.15, -0.1) is 0 Å². The van der Waals surface area contributed by atoms with Crippen LogP contribution in [0.2, 0.25) is 0 Å². The van der Waals surface area contributed by atoms with Crippen LogP contribution in [0, 0.1) is 13.8 Å². The first-order chi connectivity index (χ1) is 10.2. The number of nitrogens with zero attached hydrogens (tertiary/aromatic N) is 3. The number of hydrogen-bond donors (Lipinski definition) is 0. The largest absolute Gasteiger partial charge is 0.237 e. The summed E-state index contributed by atoms with van der Waals surface area (Å²) in [7, 11) is 0. The highest BCUT2D eigenvalue weighted by atomic mass is 15.8. The molecule has 1 atom stereocenters. The van der Waals surface area contributed by atoms with Crippen molar-refractivity contribution in [2.45, 2.75) is 19.9 Å². The van der Waals surface area contributed by atoms with Crippen molar-refractivity contribution in [3.8, 4) is 0 Å². The number of rotatable bonds is 1. The minimum Gasteiger partial charge on any atom is -0.237 e. The molecule has 3 heteroatoms. The van der Waals surface area contributed by atoms with Gasteiger partial charge in [0, 0.05) is 11.8 Å². The molecule has 0 saturated heterocycles. The fourth-order valence-electron chi connectivity index (χ4n) is 3.19. The van der Waals surface area contributed by atoms with Crippen LogP contribution in [-0.4, -0.2) is 11.3 Å². The van der Waals surface area contributed by atoms with Crippen molar-refractivity contribution in [2.24, 2.45) is 5.10 Å². The fourth-order valence-corrected chi connectivity index (χ4v) is 3.19. The Bertz CT molecular complexity index is 741. The van der Waals surface area contributed by atoms with Crippen LogP contribution in [0.1, 0.15) is 22.7 Å². The molecule has 0 radical (unpaired) electrons. The van der Waals surface area contributed by atoms with Gasteiger partial charge in [0.05, 0.1) is 11.4 Å². The third kappa shape index (κ3) is 1.85. The van der Waals surface area contributed by atoms with Crippen molar-refractivity contribution in [3.63, 3.8) is 0 Å². The van der Waals surface area contributed by atoms with Crippen molar-refractivity contribution in [1.82, 2.24) is 5.12 Å². The number of benzene rings is 2. The van der Waals surface area contributed by atoms with Gasteiger partial charge in [0.1, 0.15) is 6.04 Å². The van der Waals surface area contributed by atoms with E-state index in [0.29, 0.717) is 0 Å². The number of para-hydroxylation sites is 1. The molecule has 2 aliphatic rings. The third-order valence-corrected chi connectivity index (χ3v) is 3.95. The SMILES string of the molecule is Cc1cc(C)cc(N2c3ccccc3C3C=CC=NN32)c1. The number of allylic oxidation sites excluding steroid dienone is 1. The van der Waals surface area contributed by atoms with Crippen LogP contribution in [0.3, 0.4) is 0 Å².